The summed E-state index contributed by atoms with van der Waals surface area (Å²) in [6, 6.07) is 11.9. The normalized spacial score (nSPS) is 21.4. The average Bonchev–Trinajstić information content (AvgIpc) is 2.86. The van der Waals surface area contributed by atoms with E-state index in [1.807, 2.05) is 30.3 Å². The maximum atomic E-state index is 12.7. The van der Waals surface area contributed by atoms with Gasteiger partial charge in [0.1, 0.15) is 18.4 Å². The molecule has 0 spiro atoms. The van der Waals surface area contributed by atoms with Crippen molar-refractivity contribution in [3.63, 3.8) is 0 Å². The number of hydroxylamine groups is 2. The number of fused-ring (bicyclic) bond motifs is 4. The second-order valence-corrected chi connectivity index (χ2v) is 6.06. The molecule has 2 amide bonds. The molecule has 2 aromatic carbocycles. The first-order chi connectivity index (χ1) is 12.1. The summed E-state index contributed by atoms with van der Waals surface area (Å²) in [5, 5.41) is 21.0. The Bertz CT molecular complexity index is 839. The molecule has 0 saturated carbocycles. The lowest BCUT2D eigenvalue weighted by Crippen LogP contribution is -2.38. The number of hydrogen-bond acceptors (Lipinski definition) is 4. The molecule has 1 fully saturated rings. The van der Waals surface area contributed by atoms with E-state index in [0.717, 1.165) is 5.56 Å². The number of phenols is 1. The molecule has 2 aliphatic rings. The molecule has 2 heterocycles. The minimum atomic E-state index is -1.14. The predicted molar refractivity (Wildman–Crippen MR) is 86.4 cm³/mol. The molecule has 0 radical (unpaired) electrons. The van der Waals surface area contributed by atoms with Crippen LogP contribution in [-0.2, 0) is 16.2 Å². The summed E-state index contributed by atoms with van der Waals surface area (Å²) in [6.07, 6.45) is 0. The highest BCUT2D eigenvalue weighted by molar-refractivity contribution is 5.87. The lowest BCUT2D eigenvalue weighted by Gasteiger charge is -2.30. The monoisotopic (exact) mass is 340 g/mol. The van der Waals surface area contributed by atoms with E-state index in [9.17, 15) is 19.8 Å². The number of benzene rings is 2. The van der Waals surface area contributed by atoms with E-state index in [1.54, 1.807) is 12.1 Å². The zero-order valence-corrected chi connectivity index (χ0v) is 13.2. The third kappa shape index (κ3) is 2.40. The first-order valence-electron chi connectivity index (χ1n) is 7.89. The SMILES string of the molecule is O=C(O)C1c2cccc(O)c2C2CN1C(=O)N2OCc1ccccc1. The van der Waals surface area contributed by atoms with Gasteiger partial charge in [-0.1, -0.05) is 42.5 Å². The van der Waals surface area contributed by atoms with Gasteiger partial charge in [-0.3, -0.25) is 4.84 Å². The fraction of sp³-hybridized carbons (Fsp3) is 0.222. The smallest absolute Gasteiger partial charge is 0.345 e. The summed E-state index contributed by atoms with van der Waals surface area (Å²) in [6.45, 7) is 0.340. The van der Waals surface area contributed by atoms with Crippen LogP contribution in [0.15, 0.2) is 48.5 Å². The Morgan fingerprint density at radius 3 is 2.64 bits per heavy atom. The lowest BCUT2D eigenvalue weighted by atomic mass is 9.90. The highest BCUT2D eigenvalue weighted by atomic mass is 16.7. The van der Waals surface area contributed by atoms with Crippen LogP contribution in [0.2, 0.25) is 0 Å². The highest BCUT2D eigenvalue weighted by Crippen LogP contribution is 2.47. The van der Waals surface area contributed by atoms with Gasteiger partial charge in [0, 0.05) is 5.56 Å². The molecule has 2 N–H and O–H groups in total. The van der Waals surface area contributed by atoms with Gasteiger partial charge in [0.25, 0.3) is 0 Å². The van der Waals surface area contributed by atoms with E-state index in [2.05, 4.69) is 0 Å². The second-order valence-electron chi connectivity index (χ2n) is 6.06. The number of aliphatic carboxylic acids is 1. The van der Waals surface area contributed by atoms with Gasteiger partial charge < -0.3 is 15.1 Å². The van der Waals surface area contributed by atoms with Gasteiger partial charge in [0.05, 0.1) is 6.54 Å². The van der Waals surface area contributed by atoms with Crippen molar-refractivity contribution in [1.82, 2.24) is 9.96 Å². The molecule has 2 unspecified atom stereocenters. The Kier molecular flexibility index (Phi) is 3.58. The average molecular weight is 340 g/mol. The molecule has 25 heavy (non-hydrogen) atoms. The fourth-order valence-corrected chi connectivity index (χ4v) is 3.49. The largest absolute Gasteiger partial charge is 0.508 e. The standard InChI is InChI=1S/C18H16N2O5/c21-14-8-4-7-12-15(14)13-9-19(16(12)17(22)23)18(24)20(13)25-10-11-5-2-1-3-6-11/h1-8,13,16,21H,9-10H2,(H,22,23). The predicted octanol–water partition coefficient (Wildman–Crippen LogP) is 2.44. The van der Waals surface area contributed by atoms with Crippen molar-refractivity contribution in [3.05, 3.63) is 65.2 Å². The van der Waals surface area contributed by atoms with Crippen molar-refractivity contribution in [2.45, 2.75) is 18.7 Å². The van der Waals surface area contributed by atoms with Crippen LogP contribution in [0.4, 0.5) is 4.79 Å². The molecule has 2 atom stereocenters. The number of aromatic hydroxyl groups is 1. The third-order valence-electron chi connectivity index (χ3n) is 4.59. The topological polar surface area (TPSA) is 90.3 Å². The van der Waals surface area contributed by atoms with Gasteiger partial charge in [-0.2, -0.15) is 5.06 Å². The summed E-state index contributed by atoms with van der Waals surface area (Å²) in [5.41, 5.74) is 1.74. The zero-order valence-electron chi connectivity index (χ0n) is 13.2. The van der Waals surface area contributed by atoms with Gasteiger partial charge in [0.15, 0.2) is 6.04 Å². The number of carbonyl (C=O) groups is 2. The molecule has 0 aromatic heterocycles. The summed E-state index contributed by atoms with van der Waals surface area (Å²) in [5.74, 6) is -1.17. The molecule has 2 aromatic rings. The Balaban J connectivity index is 1.69. The lowest BCUT2D eigenvalue weighted by molar-refractivity contribution is -0.143. The Hall–Kier alpha value is -3.06. The molecule has 128 valence electrons. The minimum Gasteiger partial charge on any atom is -0.508 e. The third-order valence-corrected chi connectivity index (χ3v) is 4.59. The first-order valence-corrected chi connectivity index (χ1v) is 7.89. The van der Waals surface area contributed by atoms with Gasteiger partial charge >= 0.3 is 12.0 Å². The summed E-state index contributed by atoms with van der Waals surface area (Å²) in [4.78, 5) is 31.4. The number of hydrogen-bond donors (Lipinski definition) is 2. The van der Waals surface area contributed by atoms with Crippen LogP contribution in [0.1, 0.15) is 28.8 Å². The van der Waals surface area contributed by atoms with E-state index in [1.165, 1.54) is 16.0 Å². The van der Waals surface area contributed by atoms with Crippen LogP contribution >= 0.6 is 0 Å². The van der Waals surface area contributed by atoms with Gasteiger partial charge in [-0.15, -0.1) is 0 Å². The van der Waals surface area contributed by atoms with Crippen LogP contribution in [0.3, 0.4) is 0 Å². The molecule has 7 heteroatoms. The number of amides is 2. The molecule has 4 rings (SSSR count). The van der Waals surface area contributed by atoms with Crippen LogP contribution in [0.25, 0.3) is 0 Å². The number of phenolic OH excluding ortho intramolecular Hbond substituents is 1. The van der Waals surface area contributed by atoms with Crippen molar-refractivity contribution >= 4 is 12.0 Å². The van der Waals surface area contributed by atoms with Crippen LogP contribution in [0, 0.1) is 0 Å². The summed E-state index contributed by atoms with van der Waals surface area (Å²) < 4.78 is 0. The minimum absolute atomic E-state index is 0.0311. The van der Waals surface area contributed by atoms with Crippen LogP contribution < -0.4 is 0 Å². The van der Waals surface area contributed by atoms with Gasteiger partial charge in [0.2, 0.25) is 0 Å². The number of urea groups is 1. The van der Waals surface area contributed by atoms with E-state index >= 15 is 0 Å². The quantitative estimate of drug-likeness (QED) is 0.892. The number of carboxylic acid groups (broad SMARTS) is 1. The molecule has 7 nitrogen and oxygen atoms in total. The maximum Gasteiger partial charge on any atom is 0.345 e. The maximum absolute atomic E-state index is 12.7. The van der Waals surface area contributed by atoms with E-state index in [4.69, 9.17) is 4.84 Å². The number of nitrogens with zero attached hydrogens (tertiary/aromatic N) is 2. The Morgan fingerprint density at radius 1 is 1.16 bits per heavy atom. The fourth-order valence-electron chi connectivity index (χ4n) is 3.49. The highest BCUT2D eigenvalue weighted by Gasteiger charge is 2.52. The second kappa shape index (κ2) is 5.78. The van der Waals surface area contributed by atoms with Crippen LogP contribution in [-0.4, -0.2) is 38.7 Å². The summed E-state index contributed by atoms with van der Waals surface area (Å²) in [7, 11) is 0. The van der Waals surface area contributed by atoms with Crippen molar-refractivity contribution < 1.29 is 24.6 Å². The molecule has 2 aliphatic heterocycles. The van der Waals surface area contributed by atoms with Crippen LogP contribution in [0.5, 0.6) is 5.75 Å². The molecular weight excluding hydrogens is 324 g/mol. The molecular formula is C18H16N2O5. The number of rotatable bonds is 4. The first kappa shape index (κ1) is 15.5. The van der Waals surface area contributed by atoms with Gasteiger partial charge in [-0.05, 0) is 17.2 Å². The Morgan fingerprint density at radius 2 is 1.92 bits per heavy atom. The zero-order chi connectivity index (χ0) is 17.6. The van der Waals surface area contributed by atoms with Crippen molar-refractivity contribution in [2.24, 2.45) is 0 Å². The molecule has 0 aliphatic carbocycles. The van der Waals surface area contributed by atoms with Crippen molar-refractivity contribution in [2.75, 3.05) is 6.54 Å². The summed E-state index contributed by atoms with van der Waals surface area (Å²) >= 11 is 0. The van der Waals surface area contributed by atoms with Gasteiger partial charge in [-0.25, -0.2) is 9.59 Å². The Labute approximate surface area is 143 Å². The van der Waals surface area contributed by atoms with E-state index in [0.29, 0.717) is 11.1 Å². The number of carbonyl (C=O) groups excluding carboxylic acids is 1. The molecule has 2 bridgehead atoms. The van der Waals surface area contributed by atoms with E-state index in [-0.39, 0.29) is 18.9 Å². The van der Waals surface area contributed by atoms with E-state index < -0.39 is 24.1 Å². The number of carboxylic acids is 1. The molecule has 1 saturated heterocycles. The van der Waals surface area contributed by atoms with Crippen molar-refractivity contribution in [1.29, 1.82) is 0 Å². The van der Waals surface area contributed by atoms with Crippen molar-refractivity contribution in [3.8, 4) is 5.75 Å².